The van der Waals surface area contributed by atoms with Crippen LogP contribution in [0.3, 0.4) is 0 Å². The van der Waals surface area contributed by atoms with Crippen molar-refractivity contribution in [3.63, 3.8) is 0 Å². The molecule has 0 radical (unpaired) electrons. The van der Waals surface area contributed by atoms with E-state index in [0.29, 0.717) is 0 Å². The molecule has 0 aliphatic rings. The van der Waals surface area contributed by atoms with E-state index in [1.165, 1.54) is 4.90 Å². The molecule has 0 saturated carbocycles. The lowest BCUT2D eigenvalue weighted by molar-refractivity contribution is -0.124. The first-order chi connectivity index (χ1) is 8.54. The summed E-state index contributed by atoms with van der Waals surface area (Å²) in [7, 11) is 3.26. The van der Waals surface area contributed by atoms with E-state index < -0.39 is 0 Å². The molecule has 92 valence electrons. The summed E-state index contributed by atoms with van der Waals surface area (Å²) in [6.45, 7) is 1.87. The summed E-state index contributed by atoms with van der Waals surface area (Å²) >= 11 is 0. The van der Waals surface area contributed by atoms with E-state index in [0.717, 1.165) is 11.1 Å². The number of benzene rings is 1. The normalized spacial score (nSPS) is 11.9. The number of hydrogen-bond donors (Lipinski definition) is 0. The quantitative estimate of drug-likeness (QED) is 0.463. The van der Waals surface area contributed by atoms with Gasteiger partial charge in [-0.2, -0.15) is 5.26 Å². The van der Waals surface area contributed by atoms with Crippen LogP contribution in [0.15, 0.2) is 47.6 Å². The van der Waals surface area contributed by atoms with E-state index in [-0.39, 0.29) is 11.5 Å². The van der Waals surface area contributed by atoms with Gasteiger partial charge in [-0.25, -0.2) is 0 Å². The molecule has 0 atom stereocenters. The molecule has 3 nitrogen and oxygen atoms in total. The van der Waals surface area contributed by atoms with Crippen LogP contribution in [0.2, 0.25) is 0 Å². The molecule has 0 N–H and O–H groups in total. The Morgan fingerprint density at radius 3 is 2.39 bits per heavy atom. The average molecular weight is 240 g/mol. The third kappa shape index (κ3) is 3.91. The van der Waals surface area contributed by atoms with Gasteiger partial charge >= 0.3 is 0 Å². The number of hydrogen-bond acceptors (Lipinski definition) is 2. The highest BCUT2D eigenvalue weighted by molar-refractivity contribution is 5.97. The zero-order chi connectivity index (χ0) is 13.5. The second-order valence-corrected chi connectivity index (χ2v) is 4.17. The molecule has 1 aromatic carbocycles. The number of amides is 1. The van der Waals surface area contributed by atoms with Gasteiger partial charge in [0.25, 0.3) is 5.91 Å². The van der Waals surface area contributed by atoms with Crippen molar-refractivity contribution in [1.29, 1.82) is 5.26 Å². The van der Waals surface area contributed by atoms with Crippen molar-refractivity contribution in [2.45, 2.75) is 6.92 Å². The molecule has 0 fully saturated rings. The maximum atomic E-state index is 11.7. The number of nitrogens with zero attached hydrogens (tertiary/aromatic N) is 2. The van der Waals surface area contributed by atoms with Gasteiger partial charge in [0.2, 0.25) is 0 Å². The number of carbonyl (C=O) groups excluding carboxylic acids is 1. The van der Waals surface area contributed by atoms with Gasteiger partial charge < -0.3 is 4.90 Å². The first kappa shape index (κ1) is 13.7. The molecule has 0 aliphatic carbocycles. The van der Waals surface area contributed by atoms with Gasteiger partial charge in [-0.1, -0.05) is 36.4 Å². The molecule has 0 aliphatic heterocycles. The molecule has 0 heterocycles. The molecule has 0 aromatic heterocycles. The second-order valence-electron chi connectivity index (χ2n) is 4.17. The van der Waals surface area contributed by atoms with E-state index >= 15 is 0 Å². The van der Waals surface area contributed by atoms with Crippen molar-refractivity contribution < 1.29 is 4.79 Å². The predicted molar refractivity (Wildman–Crippen MR) is 72.5 cm³/mol. The molecular weight excluding hydrogens is 224 g/mol. The summed E-state index contributed by atoms with van der Waals surface area (Å²) in [6, 6.07) is 11.7. The standard InChI is InChI=1S/C15H16N2O/c1-12(9-13-7-5-4-6-8-13)10-14(11-16)15(18)17(2)3/h4-10H,1-3H3/b12-9+,14-10-. The number of allylic oxidation sites excluding steroid dienone is 2. The van der Waals surface area contributed by atoms with E-state index in [9.17, 15) is 4.79 Å². The first-order valence-electron chi connectivity index (χ1n) is 5.61. The zero-order valence-electron chi connectivity index (χ0n) is 10.8. The molecule has 0 saturated heterocycles. The lowest BCUT2D eigenvalue weighted by Crippen LogP contribution is -2.22. The highest BCUT2D eigenvalue weighted by Crippen LogP contribution is 2.10. The smallest absolute Gasteiger partial charge is 0.263 e. The number of rotatable bonds is 3. The Balaban J connectivity index is 2.98. The average Bonchev–Trinajstić information content (AvgIpc) is 2.36. The minimum absolute atomic E-state index is 0.143. The summed E-state index contributed by atoms with van der Waals surface area (Å²) in [6.07, 6.45) is 3.54. The van der Waals surface area contributed by atoms with Crippen LogP contribution in [0.1, 0.15) is 12.5 Å². The van der Waals surface area contributed by atoms with Gasteiger partial charge in [0, 0.05) is 14.1 Å². The molecular formula is C15H16N2O. The number of nitriles is 1. The van der Waals surface area contributed by atoms with E-state index in [4.69, 9.17) is 5.26 Å². The Labute approximate surface area is 108 Å². The minimum atomic E-state index is -0.279. The van der Waals surface area contributed by atoms with Gasteiger partial charge in [0.05, 0.1) is 0 Å². The van der Waals surface area contributed by atoms with Crippen molar-refractivity contribution >= 4 is 12.0 Å². The van der Waals surface area contributed by atoms with Crippen LogP contribution >= 0.6 is 0 Å². The molecule has 3 heteroatoms. The Morgan fingerprint density at radius 2 is 1.89 bits per heavy atom. The van der Waals surface area contributed by atoms with Crippen molar-refractivity contribution in [2.24, 2.45) is 0 Å². The third-order valence-corrected chi connectivity index (χ3v) is 2.32. The second kappa shape index (κ2) is 6.41. The number of likely N-dealkylation sites (N-methyl/N-ethyl adjacent to an activating group) is 1. The summed E-state index contributed by atoms with van der Waals surface area (Å²) in [5.41, 5.74) is 2.05. The van der Waals surface area contributed by atoms with Crippen LogP contribution in [0.4, 0.5) is 0 Å². The molecule has 1 rings (SSSR count). The summed E-state index contributed by atoms with van der Waals surface area (Å²) in [5.74, 6) is -0.279. The van der Waals surface area contributed by atoms with Gasteiger partial charge in [0.1, 0.15) is 11.6 Å². The SMILES string of the molecule is CC(/C=C(/C#N)C(=O)N(C)C)=C\c1ccccc1. The summed E-state index contributed by atoms with van der Waals surface area (Å²) < 4.78 is 0. The lowest BCUT2D eigenvalue weighted by atomic mass is 10.1. The van der Waals surface area contributed by atoms with Crippen LogP contribution in [-0.4, -0.2) is 24.9 Å². The fourth-order valence-corrected chi connectivity index (χ4v) is 1.46. The van der Waals surface area contributed by atoms with Crippen molar-refractivity contribution in [1.82, 2.24) is 4.90 Å². The van der Waals surface area contributed by atoms with Gasteiger partial charge in [0.15, 0.2) is 0 Å². The lowest BCUT2D eigenvalue weighted by Gasteiger charge is -2.08. The Kier molecular flexibility index (Phi) is 4.89. The van der Waals surface area contributed by atoms with Crippen LogP contribution in [0.25, 0.3) is 6.08 Å². The van der Waals surface area contributed by atoms with E-state index in [1.807, 2.05) is 49.4 Å². The molecule has 0 spiro atoms. The molecule has 18 heavy (non-hydrogen) atoms. The highest BCUT2D eigenvalue weighted by Gasteiger charge is 2.10. The first-order valence-corrected chi connectivity index (χ1v) is 5.61. The van der Waals surface area contributed by atoms with Crippen molar-refractivity contribution in [2.75, 3.05) is 14.1 Å². The van der Waals surface area contributed by atoms with Crippen LogP contribution in [0, 0.1) is 11.3 Å². The van der Waals surface area contributed by atoms with Crippen molar-refractivity contribution in [3.05, 3.63) is 53.1 Å². The molecule has 1 aromatic rings. The minimum Gasteiger partial charge on any atom is -0.344 e. The van der Waals surface area contributed by atoms with Crippen LogP contribution in [0.5, 0.6) is 0 Å². The largest absolute Gasteiger partial charge is 0.344 e. The van der Waals surface area contributed by atoms with Crippen LogP contribution in [-0.2, 0) is 4.79 Å². The fraction of sp³-hybridized carbons (Fsp3) is 0.200. The fourth-order valence-electron chi connectivity index (χ4n) is 1.46. The van der Waals surface area contributed by atoms with E-state index in [2.05, 4.69) is 0 Å². The highest BCUT2D eigenvalue weighted by atomic mass is 16.2. The molecule has 0 unspecified atom stereocenters. The summed E-state index contributed by atoms with van der Waals surface area (Å²) in [4.78, 5) is 13.1. The molecule has 0 bridgehead atoms. The number of carbonyl (C=O) groups is 1. The Morgan fingerprint density at radius 1 is 1.28 bits per heavy atom. The van der Waals surface area contributed by atoms with Gasteiger partial charge in [-0.3, -0.25) is 4.79 Å². The summed E-state index contributed by atoms with van der Waals surface area (Å²) in [5, 5.41) is 8.97. The zero-order valence-corrected chi connectivity index (χ0v) is 10.8. The predicted octanol–water partition coefficient (Wildman–Crippen LogP) is 2.63. The Hall–Kier alpha value is -2.34. The van der Waals surface area contributed by atoms with Crippen molar-refractivity contribution in [3.8, 4) is 6.07 Å². The third-order valence-electron chi connectivity index (χ3n) is 2.32. The van der Waals surface area contributed by atoms with Crippen LogP contribution < -0.4 is 0 Å². The maximum absolute atomic E-state index is 11.7. The topological polar surface area (TPSA) is 44.1 Å². The van der Waals surface area contributed by atoms with Gasteiger partial charge in [-0.15, -0.1) is 0 Å². The van der Waals surface area contributed by atoms with E-state index in [1.54, 1.807) is 20.2 Å². The van der Waals surface area contributed by atoms with Gasteiger partial charge in [-0.05, 0) is 24.1 Å². The monoisotopic (exact) mass is 240 g/mol. The maximum Gasteiger partial charge on any atom is 0.263 e. The Bertz CT molecular complexity index is 519. The molecule has 1 amide bonds.